The van der Waals surface area contributed by atoms with E-state index >= 15 is 0 Å². The Labute approximate surface area is 63.8 Å². The second kappa shape index (κ2) is 2.57. The summed E-state index contributed by atoms with van der Waals surface area (Å²) < 4.78 is 0.606. The van der Waals surface area contributed by atoms with Gasteiger partial charge in [-0.1, -0.05) is 6.07 Å². The third kappa shape index (κ3) is 1.29. The molecule has 1 aromatic carbocycles. The van der Waals surface area contributed by atoms with Crippen molar-refractivity contribution in [3.63, 3.8) is 0 Å². The molecule has 0 aliphatic carbocycles. The fourth-order valence-corrected chi connectivity index (χ4v) is 0.816. The number of phenolic OH excluding ortho intramolecular Hbond substituents is 1. The minimum atomic E-state index is -0.0646. The molecule has 0 amide bonds. The number of nitrogens with zero attached hydrogens (tertiary/aromatic N) is 1. The largest absolute Gasteiger partial charge is 0.506 e. The topological polar surface area (TPSA) is 66.3 Å². The summed E-state index contributed by atoms with van der Waals surface area (Å²) in [6.07, 6.45) is 0. The van der Waals surface area contributed by atoms with Crippen molar-refractivity contribution in [2.45, 2.75) is 0 Å². The van der Waals surface area contributed by atoms with Crippen LogP contribution in [0.15, 0.2) is 18.2 Å². The number of nitroso groups, excluding NO2 is 1. The minimum absolute atomic E-state index is 0.0646. The molecular formula is C7H9N2O2+. The molecule has 0 spiro atoms. The number of phenols is 1. The molecule has 0 fully saturated rings. The van der Waals surface area contributed by atoms with E-state index in [-0.39, 0.29) is 17.1 Å². The lowest BCUT2D eigenvalue weighted by Crippen LogP contribution is -1.96. The zero-order chi connectivity index (χ0) is 8.43. The van der Waals surface area contributed by atoms with Crippen molar-refractivity contribution >= 4 is 11.4 Å². The first-order chi connectivity index (χ1) is 5.13. The molecule has 1 rings (SSSR count). The SMILES string of the molecule is C[N+](=O)c1cccc(O)c1N. The number of hydrogen-bond acceptors (Lipinski definition) is 3. The molecule has 4 heteroatoms. The quantitative estimate of drug-likeness (QED) is 0.359. The third-order valence-electron chi connectivity index (χ3n) is 1.40. The predicted molar refractivity (Wildman–Crippen MR) is 41.7 cm³/mol. The van der Waals surface area contributed by atoms with Gasteiger partial charge in [-0.2, -0.15) is 0 Å². The number of benzene rings is 1. The van der Waals surface area contributed by atoms with Gasteiger partial charge in [0.2, 0.25) is 0 Å². The number of nitrogens with two attached hydrogens (primary N) is 1. The highest BCUT2D eigenvalue weighted by molar-refractivity contribution is 5.65. The van der Waals surface area contributed by atoms with Gasteiger partial charge in [-0.3, -0.25) is 0 Å². The Morgan fingerprint density at radius 3 is 2.64 bits per heavy atom. The van der Waals surface area contributed by atoms with Crippen LogP contribution in [-0.2, 0) is 0 Å². The normalized spacial score (nSPS) is 9.55. The highest BCUT2D eigenvalue weighted by atomic mass is 16.3. The number of aromatic hydroxyl groups is 1. The van der Waals surface area contributed by atoms with Crippen molar-refractivity contribution in [1.29, 1.82) is 0 Å². The van der Waals surface area contributed by atoms with E-state index in [1.165, 1.54) is 13.1 Å². The smallest absolute Gasteiger partial charge is 0.282 e. The average Bonchev–Trinajstić information content (AvgIpc) is 1.94. The van der Waals surface area contributed by atoms with Gasteiger partial charge in [-0.15, -0.1) is 0 Å². The van der Waals surface area contributed by atoms with E-state index < -0.39 is 0 Å². The number of anilines is 1. The van der Waals surface area contributed by atoms with Crippen LogP contribution in [0.1, 0.15) is 0 Å². The van der Waals surface area contributed by atoms with Gasteiger partial charge in [0.15, 0.2) is 12.7 Å². The van der Waals surface area contributed by atoms with Crippen LogP contribution in [0.4, 0.5) is 11.4 Å². The highest BCUT2D eigenvalue weighted by Gasteiger charge is 2.13. The standard InChI is InChI=1S/C7H8N2O2/c1-9(11)5-3-2-4-6(10)7(5)8/h2-4H,1H3,(H2-,8,10,11)/p+1. The van der Waals surface area contributed by atoms with Gasteiger partial charge >= 0.3 is 0 Å². The summed E-state index contributed by atoms with van der Waals surface area (Å²) in [6.45, 7) is 0. The van der Waals surface area contributed by atoms with E-state index in [1.54, 1.807) is 12.1 Å². The summed E-state index contributed by atoms with van der Waals surface area (Å²) in [7, 11) is 1.32. The first-order valence-corrected chi connectivity index (χ1v) is 3.11. The molecule has 11 heavy (non-hydrogen) atoms. The van der Waals surface area contributed by atoms with Crippen LogP contribution in [0.2, 0.25) is 0 Å². The lowest BCUT2D eigenvalue weighted by atomic mass is 10.2. The summed E-state index contributed by atoms with van der Waals surface area (Å²) in [6, 6.07) is 4.54. The first-order valence-electron chi connectivity index (χ1n) is 3.11. The zero-order valence-corrected chi connectivity index (χ0v) is 6.11. The van der Waals surface area contributed by atoms with E-state index in [0.717, 1.165) is 0 Å². The van der Waals surface area contributed by atoms with Crippen LogP contribution in [0.5, 0.6) is 5.75 Å². The monoisotopic (exact) mass is 153 g/mol. The average molecular weight is 153 g/mol. The molecule has 58 valence electrons. The number of hydrogen-bond donors (Lipinski definition) is 2. The van der Waals surface area contributed by atoms with Crippen LogP contribution in [0, 0.1) is 4.91 Å². The van der Waals surface area contributed by atoms with Crippen LogP contribution in [-0.4, -0.2) is 16.9 Å². The summed E-state index contributed by atoms with van der Waals surface area (Å²) in [5.74, 6) is -0.0646. The molecule has 0 aliphatic heterocycles. The first kappa shape index (κ1) is 7.53. The molecule has 0 bridgehead atoms. The van der Waals surface area contributed by atoms with Crippen molar-refractivity contribution < 1.29 is 9.87 Å². The Bertz CT molecular complexity index is 296. The van der Waals surface area contributed by atoms with Crippen molar-refractivity contribution in [1.82, 2.24) is 0 Å². The van der Waals surface area contributed by atoms with Crippen LogP contribution in [0.3, 0.4) is 0 Å². The number of para-hydroxylation sites is 1. The Kier molecular flexibility index (Phi) is 1.76. The Morgan fingerprint density at radius 2 is 2.18 bits per heavy atom. The summed E-state index contributed by atoms with van der Waals surface area (Å²) in [4.78, 5) is 10.7. The summed E-state index contributed by atoms with van der Waals surface area (Å²) in [5, 5.41) is 9.06. The van der Waals surface area contributed by atoms with Gasteiger partial charge in [0.25, 0.3) is 5.69 Å². The van der Waals surface area contributed by atoms with Gasteiger partial charge in [-0.05, 0) is 6.07 Å². The van der Waals surface area contributed by atoms with Gasteiger partial charge in [0.1, 0.15) is 5.75 Å². The molecule has 0 saturated heterocycles. The Hall–Kier alpha value is -1.58. The van der Waals surface area contributed by atoms with E-state index in [9.17, 15) is 4.91 Å². The molecule has 0 heterocycles. The molecule has 4 nitrogen and oxygen atoms in total. The number of rotatable bonds is 1. The Balaban J connectivity index is 3.27. The van der Waals surface area contributed by atoms with Gasteiger partial charge < -0.3 is 10.8 Å². The fourth-order valence-electron chi connectivity index (χ4n) is 0.816. The molecule has 0 aliphatic rings. The maximum atomic E-state index is 10.7. The predicted octanol–water partition coefficient (Wildman–Crippen LogP) is 1.01. The molecule has 0 aromatic heterocycles. The minimum Gasteiger partial charge on any atom is -0.506 e. The van der Waals surface area contributed by atoms with Crippen molar-refractivity contribution in [2.75, 3.05) is 12.8 Å². The van der Waals surface area contributed by atoms with E-state index in [0.29, 0.717) is 4.76 Å². The zero-order valence-electron chi connectivity index (χ0n) is 6.11. The molecule has 1 aromatic rings. The van der Waals surface area contributed by atoms with Crippen molar-refractivity contribution in [3.05, 3.63) is 23.1 Å². The second-order valence-electron chi connectivity index (χ2n) is 2.21. The van der Waals surface area contributed by atoms with Crippen LogP contribution in [0.25, 0.3) is 0 Å². The van der Waals surface area contributed by atoms with E-state index in [1.807, 2.05) is 0 Å². The summed E-state index contributed by atoms with van der Waals surface area (Å²) in [5.41, 5.74) is 5.79. The molecular weight excluding hydrogens is 144 g/mol. The fraction of sp³-hybridized carbons (Fsp3) is 0.143. The van der Waals surface area contributed by atoms with E-state index in [4.69, 9.17) is 10.8 Å². The number of nitrogen functional groups attached to an aromatic ring is 1. The maximum Gasteiger partial charge on any atom is 0.282 e. The van der Waals surface area contributed by atoms with Crippen molar-refractivity contribution in [3.8, 4) is 5.75 Å². The third-order valence-corrected chi connectivity index (χ3v) is 1.40. The van der Waals surface area contributed by atoms with Crippen LogP contribution < -0.4 is 5.73 Å². The van der Waals surface area contributed by atoms with Gasteiger partial charge in [0, 0.05) is 15.7 Å². The Morgan fingerprint density at radius 1 is 1.55 bits per heavy atom. The van der Waals surface area contributed by atoms with Crippen LogP contribution >= 0.6 is 0 Å². The van der Waals surface area contributed by atoms with Gasteiger partial charge in [-0.25, -0.2) is 0 Å². The van der Waals surface area contributed by atoms with Crippen molar-refractivity contribution in [2.24, 2.45) is 0 Å². The second-order valence-corrected chi connectivity index (χ2v) is 2.21. The molecule has 0 unspecified atom stereocenters. The van der Waals surface area contributed by atoms with Gasteiger partial charge in [0.05, 0.1) is 0 Å². The lowest BCUT2D eigenvalue weighted by Gasteiger charge is -1.96. The maximum absolute atomic E-state index is 10.7. The highest BCUT2D eigenvalue weighted by Crippen LogP contribution is 2.28. The van der Waals surface area contributed by atoms with E-state index in [2.05, 4.69) is 0 Å². The summed E-state index contributed by atoms with van der Waals surface area (Å²) >= 11 is 0. The molecule has 0 atom stereocenters. The molecule has 0 saturated carbocycles. The lowest BCUT2D eigenvalue weighted by molar-refractivity contribution is -0.427. The molecule has 0 radical (unpaired) electrons. The molecule has 3 N–H and O–H groups in total.